The van der Waals surface area contributed by atoms with Gasteiger partial charge < -0.3 is 14.7 Å². The minimum absolute atomic E-state index is 0.276. The fourth-order valence-electron chi connectivity index (χ4n) is 2.73. The van der Waals surface area contributed by atoms with Gasteiger partial charge in [-0.25, -0.2) is 9.97 Å². The Morgan fingerprint density at radius 3 is 2.77 bits per heavy atom. The third-order valence-corrected chi connectivity index (χ3v) is 3.96. The molecule has 0 spiro atoms. The van der Waals surface area contributed by atoms with Crippen LogP contribution in [0.5, 0.6) is 5.75 Å². The van der Waals surface area contributed by atoms with Crippen LogP contribution in [0, 0.1) is 0 Å². The minimum atomic E-state index is -0.276. The highest BCUT2D eigenvalue weighted by Gasteiger charge is 2.17. The number of aliphatic hydroxyl groups excluding tert-OH is 1. The molecular weight excluding hydrogens is 278 g/mol. The summed E-state index contributed by atoms with van der Waals surface area (Å²) < 4.78 is 5.17. The number of nitrogens with zero attached hydrogens (tertiary/aromatic N) is 3. The lowest BCUT2D eigenvalue weighted by Crippen LogP contribution is -2.31. The molecule has 0 saturated carbocycles. The van der Waals surface area contributed by atoms with Gasteiger partial charge in [0.2, 0.25) is 0 Å². The molecule has 5 heteroatoms. The van der Waals surface area contributed by atoms with Crippen LogP contribution in [0.15, 0.2) is 36.5 Å². The second-order valence-corrected chi connectivity index (χ2v) is 5.56. The van der Waals surface area contributed by atoms with Crippen molar-refractivity contribution in [2.24, 2.45) is 0 Å². The van der Waals surface area contributed by atoms with Gasteiger partial charge in [0.15, 0.2) is 5.82 Å². The van der Waals surface area contributed by atoms with Gasteiger partial charge in [0.05, 0.1) is 13.2 Å². The number of ether oxygens (including phenoxy) is 1. The summed E-state index contributed by atoms with van der Waals surface area (Å²) in [7, 11) is 1.65. The van der Waals surface area contributed by atoms with Crippen LogP contribution in [-0.4, -0.2) is 41.4 Å². The Kier molecular flexibility index (Phi) is 4.53. The average molecular weight is 299 g/mol. The molecule has 2 heterocycles. The van der Waals surface area contributed by atoms with Crippen molar-refractivity contribution < 1.29 is 9.84 Å². The standard InChI is InChI=1S/C17H21N3O2/c1-22-15-7-5-13(6-8-15)17-18-10-9-16(19-17)20-11-3-2-4-14(21)12-20/h5-10,14,21H,2-4,11-12H2,1H3. The topological polar surface area (TPSA) is 58.5 Å². The molecule has 2 aromatic rings. The summed E-state index contributed by atoms with van der Waals surface area (Å²) in [4.78, 5) is 11.2. The lowest BCUT2D eigenvalue weighted by molar-refractivity contribution is 0.174. The van der Waals surface area contributed by atoms with Crippen molar-refractivity contribution in [2.75, 3.05) is 25.1 Å². The summed E-state index contributed by atoms with van der Waals surface area (Å²) in [5, 5.41) is 9.97. The summed E-state index contributed by atoms with van der Waals surface area (Å²) in [6, 6.07) is 9.62. The van der Waals surface area contributed by atoms with Crippen LogP contribution >= 0.6 is 0 Å². The lowest BCUT2D eigenvalue weighted by atomic mass is 10.2. The van der Waals surface area contributed by atoms with Crippen LogP contribution in [0.3, 0.4) is 0 Å². The normalized spacial score (nSPS) is 18.8. The van der Waals surface area contributed by atoms with Crippen molar-refractivity contribution in [3.63, 3.8) is 0 Å². The van der Waals surface area contributed by atoms with Gasteiger partial charge >= 0.3 is 0 Å². The monoisotopic (exact) mass is 299 g/mol. The van der Waals surface area contributed by atoms with Crippen molar-refractivity contribution in [2.45, 2.75) is 25.4 Å². The lowest BCUT2D eigenvalue weighted by Gasteiger charge is -2.23. The van der Waals surface area contributed by atoms with E-state index < -0.39 is 0 Å². The second kappa shape index (κ2) is 6.75. The zero-order valence-electron chi connectivity index (χ0n) is 12.8. The third kappa shape index (κ3) is 3.36. The molecule has 116 valence electrons. The molecule has 1 unspecified atom stereocenters. The van der Waals surface area contributed by atoms with Gasteiger partial charge in [-0.2, -0.15) is 0 Å². The molecule has 1 saturated heterocycles. The maximum atomic E-state index is 9.97. The van der Waals surface area contributed by atoms with E-state index in [1.165, 1.54) is 0 Å². The first-order valence-corrected chi connectivity index (χ1v) is 7.67. The van der Waals surface area contributed by atoms with Crippen molar-refractivity contribution in [1.29, 1.82) is 0 Å². The summed E-state index contributed by atoms with van der Waals surface area (Å²) in [6.45, 7) is 1.56. The van der Waals surface area contributed by atoms with Crippen molar-refractivity contribution in [1.82, 2.24) is 9.97 Å². The van der Waals surface area contributed by atoms with Gasteiger partial charge in [0.25, 0.3) is 0 Å². The summed E-state index contributed by atoms with van der Waals surface area (Å²) in [5.41, 5.74) is 0.957. The molecule has 1 fully saturated rings. The predicted molar refractivity (Wildman–Crippen MR) is 86.1 cm³/mol. The average Bonchev–Trinajstić information content (AvgIpc) is 2.80. The van der Waals surface area contributed by atoms with E-state index in [9.17, 15) is 5.11 Å². The third-order valence-electron chi connectivity index (χ3n) is 3.96. The van der Waals surface area contributed by atoms with Crippen LogP contribution in [0.2, 0.25) is 0 Å². The molecule has 1 atom stereocenters. The molecule has 22 heavy (non-hydrogen) atoms. The first kappa shape index (κ1) is 14.8. The highest BCUT2D eigenvalue weighted by atomic mass is 16.5. The molecule has 1 N–H and O–H groups in total. The fraction of sp³-hybridized carbons (Fsp3) is 0.412. The Balaban J connectivity index is 1.84. The maximum absolute atomic E-state index is 9.97. The van der Waals surface area contributed by atoms with Crippen LogP contribution < -0.4 is 9.64 Å². The number of anilines is 1. The highest BCUT2D eigenvalue weighted by Crippen LogP contribution is 2.22. The molecular formula is C17H21N3O2. The Bertz CT molecular complexity index is 616. The van der Waals surface area contributed by atoms with Gasteiger partial charge in [-0.05, 0) is 49.6 Å². The summed E-state index contributed by atoms with van der Waals surface area (Å²) in [6.07, 6.45) is 4.51. The maximum Gasteiger partial charge on any atom is 0.161 e. The van der Waals surface area contributed by atoms with Crippen LogP contribution in [0.4, 0.5) is 5.82 Å². The van der Waals surface area contributed by atoms with Gasteiger partial charge in [0.1, 0.15) is 11.6 Å². The van der Waals surface area contributed by atoms with E-state index in [1.54, 1.807) is 13.3 Å². The number of rotatable bonds is 3. The number of aromatic nitrogens is 2. The number of hydrogen-bond donors (Lipinski definition) is 1. The molecule has 1 aromatic heterocycles. The molecule has 1 aromatic carbocycles. The molecule has 0 amide bonds. The molecule has 0 radical (unpaired) electrons. The molecule has 0 aliphatic carbocycles. The van der Waals surface area contributed by atoms with Crippen molar-refractivity contribution in [3.8, 4) is 17.1 Å². The Morgan fingerprint density at radius 1 is 1.18 bits per heavy atom. The van der Waals surface area contributed by atoms with Crippen LogP contribution in [0.1, 0.15) is 19.3 Å². The SMILES string of the molecule is COc1ccc(-c2nccc(N3CCCCC(O)C3)n2)cc1. The first-order valence-electron chi connectivity index (χ1n) is 7.67. The van der Waals surface area contributed by atoms with E-state index in [2.05, 4.69) is 14.9 Å². The van der Waals surface area contributed by atoms with Gasteiger partial charge in [0, 0.05) is 24.8 Å². The Hall–Kier alpha value is -2.14. The van der Waals surface area contributed by atoms with E-state index in [0.717, 1.165) is 42.9 Å². The number of aliphatic hydroxyl groups is 1. The zero-order valence-corrected chi connectivity index (χ0v) is 12.8. The summed E-state index contributed by atoms with van der Waals surface area (Å²) >= 11 is 0. The van der Waals surface area contributed by atoms with E-state index in [0.29, 0.717) is 12.4 Å². The van der Waals surface area contributed by atoms with Crippen LogP contribution in [-0.2, 0) is 0 Å². The van der Waals surface area contributed by atoms with E-state index in [4.69, 9.17) is 4.74 Å². The van der Waals surface area contributed by atoms with Crippen molar-refractivity contribution in [3.05, 3.63) is 36.5 Å². The molecule has 3 rings (SSSR count). The van der Waals surface area contributed by atoms with E-state index in [1.807, 2.05) is 30.3 Å². The predicted octanol–water partition coefficient (Wildman–Crippen LogP) is 2.50. The second-order valence-electron chi connectivity index (χ2n) is 5.56. The first-order chi connectivity index (χ1) is 10.8. The van der Waals surface area contributed by atoms with Gasteiger partial charge in [-0.1, -0.05) is 0 Å². The number of methoxy groups -OCH3 is 1. The van der Waals surface area contributed by atoms with E-state index >= 15 is 0 Å². The number of benzene rings is 1. The summed E-state index contributed by atoms with van der Waals surface area (Å²) in [5.74, 6) is 2.39. The van der Waals surface area contributed by atoms with E-state index in [-0.39, 0.29) is 6.10 Å². The molecule has 1 aliphatic heterocycles. The molecule has 0 bridgehead atoms. The largest absolute Gasteiger partial charge is 0.497 e. The van der Waals surface area contributed by atoms with Crippen LogP contribution in [0.25, 0.3) is 11.4 Å². The fourth-order valence-corrected chi connectivity index (χ4v) is 2.73. The highest BCUT2D eigenvalue weighted by molar-refractivity contribution is 5.58. The Labute approximate surface area is 130 Å². The van der Waals surface area contributed by atoms with Gasteiger partial charge in [-0.3, -0.25) is 0 Å². The smallest absolute Gasteiger partial charge is 0.161 e. The van der Waals surface area contributed by atoms with Gasteiger partial charge in [-0.15, -0.1) is 0 Å². The minimum Gasteiger partial charge on any atom is -0.497 e. The molecule has 5 nitrogen and oxygen atoms in total. The Morgan fingerprint density at radius 2 is 2.00 bits per heavy atom. The number of β-amino-alcohol motifs (C(OH)–C–C–N with tert-alkyl or cyclic N) is 1. The van der Waals surface area contributed by atoms with Crippen molar-refractivity contribution >= 4 is 5.82 Å². The molecule has 1 aliphatic rings. The zero-order chi connectivity index (χ0) is 15.4. The number of hydrogen-bond acceptors (Lipinski definition) is 5. The quantitative estimate of drug-likeness (QED) is 0.943.